The number of nitriles is 1. The fraction of sp³-hybridized carbons (Fsp3) is 0.158. The first kappa shape index (κ1) is 19.5. The summed E-state index contributed by atoms with van der Waals surface area (Å²) in [5, 5.41) is 20.3. The molecule has 5 nitrogen and oxygen atoms in total. The summed E-state index contributed by atoms with van der Waals surface area (Å²) in [6, 6.07) is 9.63. The summed E-state index contributed by atoms with van der Waals surface area (Å²) in [7, 11) is 2.88. The SMILES string of the molecule is COc1cc(OC)cc(/C(O)=C(\C#N)c2nc3cc(C(F)(F)F)ccc3s2)c1. The molecule has 1 heterocycles. The van der Waals surface area contributed by atoms with Crippen LogP contribution < -0.4 is 9.47 Å². The van der Waals surface area contributed by atoms with Crippen molar-refractivity contribution in [3.05, 3.63) is 52.5 Å². The van der Waals surface area contributed by atoms with Crippen LogP contribution >= 0.6 is 11.3 Å². The van der Waals surface area contributed by atoms with Gasteiger partial charge >= 0.3 is 6.18 Å². The molecule has 0 fully saturated rings. The minimum absolute atomic E-state index is 0.0959. The predicted octanol–water partition coefficient (Wildman–Crippen LogP) is 5.28. The van der Waals surface area contributed by atoms with Crippen molar-refractivity contribution in [1.29, 1.82) is 5.26 Å². The van der Waals surface area contributed by atoms with Crippen LogP contribution in [0.1, 0.15) is 16.1 Å². The number of hydrogen-bond donors (Lipinski definition) is 1. The summed E-state index contributed by atoms with van der Waals surface area (Å²) in [6.45, 7) is 0. The van der Waals surface area contributed by atoms with Gasteiger partial charge in [-0.3, -0.25) is 0 Å². The lowest BCUT2D eigenvalue weighted by Gasteiger charge is -2.08. The van der Waals surface area contributed by atoms with Gasteiger partial charge in [-0.1, -0.05) is 0 Å². The molecule has 0 aliphatic carbocycles. The molecule has 28 heavy (non-hydrogen) atoms. The molecule has 9 heteroatoms. The number of aromatic nitrogens is 1. The number of aliphatic hydroxyl groups is 1. The molecule has 0 amide bonds. The molecule has 144 valence electrons. The third-order valence-corrected chi connectivity index (χ3v) is 4.96. The van der Waals surface area contributed by atoms with Crippen molar-refractivity contribution in [2.24, 2.45) is 0 Å². The van der Waals surface area contributed by atoms with E-state index < -0.39 is 11.7 Å². The zero-order chi connectivity index (χ0) is 20.5. The molecular weight excluding hydrogens is 393 g/mol. The highest BCUT2D eigenvalue weighted by Crippen LogP contribution is 2.36. The van der Waals surface area contributed by atoms with E-state index in [0.717, 1.165) is 23.5 Å². The molecule has 0 aliphatic rings. The molecule has 0 aliphatic heterocycles. The number of halogens is 3. The molecule has 1 N–H and O–H groups in total. The van der Waals surface area contributed by atoms with Gasteiger partial charge in [-0.2, -0.15) is 18.4 Å². The molecule has 0 bridgehead atoms. The van der Waals surface area contributed by atoms with Crippen LogP contribution in [0.4, 0.5) is 13.2 Å². The normalized spacial score (nSPS) is 12.4. The fourth-order valence-corrected chi connectivity index (χ4v) is 3.44. The summed E-state index contributed by atoms with van der Waals surface area (Å²) in [6.07, 6.45) is -4.49. The van der Waals surface area contributed by atoms with Crippen molar-refractivity contribution in [3.8, 4) is 17.6 Å². The van der Waals surface area contributed by atoms with Crippen LogP contribution in [-0.2, 0) is 6.18 Å². The Labute approximate surface area is 161 Å². The van der Waals surface area contributed by atoms with E-state index in [1.165, 1.54) is 32.4 Å². The van der Waals surface area contributed by atoms with E-state index in [0.29, 0.717) is 16.2 Å². The molecule has 0 saturated carbocycles. The minimum atomic E-state index is -4.49. The summed E-state index contributed by atoms with van der Waals surface area (Å²) in [5.74, 6) is 0.421. The second kappa shape index (κ2) is 7.40. The number of methoxy groups -OCH3 is 2. The fourth-order valence-electron chi connectivity index (χ4n) is 2.50. The number of benzene rings is 2. The quantitative estimate of drug-likeness (QED) is 0.471. The maximum Gasteiger partial charge on any atom is 0.416 e. The monoisotopic (exact) mass is 406 g/mol. The third-order valence-electron chi connectivity index (χ3n) is 3.90. The third kappa shape index (κ3) is 3.73. The zero-order valence-electron chi connectivity index (χ0n) is 14.7. The number of allylic oxidation sites excluding steroid dienone is 1. The van der Waals surface area contributed by atoms with Gasteiger partial charge in [-0.15, -0.1) is 11.3 Å². The summed E-state index contributed by atoms with van der Waals surface area (Å²) in [4.78, 5) is 4.11. The van der Waals surface area contributed by atoms with Crippen molar-refractivity contribution in [3.63, 3.8) is 0 Å². The molecule has 0 unspecified atom stereocenters. The van der Waals surface area contributed by atoms with Crippen LogP contribution in [0.5, 0.6) is 11.5 Å². The molecule has 1 aromatic heterocycles. The molecule has 0 atom stereocenters. The van der Waals surface area contributed by atoms with Gasteiger partial charge in [0.2, 0.25) is 0 Å². The van der Waals surface area contributed by atoms with Crippen LogP contribution in [0.15, 0.2) is 36.4 Å². The van der Waals surface area contributed by atoms with Crippen molar-refractivity contribution in [2.75, 3.05) is 14.2 Å². The van der Waals surface area contributed by atoms with E-state index in [1.807, 2.05) is 6.07 Å². The Hall–Kier alpha value is -3.25. The number of thiazole rings is 1. The highest BCUT2D eigenvalue weighted by atomic mass is 32.1. The number of rotatable bonds is 4. The smallest absolute Gasteiger partial charge is 0.416 e. The topological polar surface area (TPSA) is 75.4 Å². The Bertz CT molecular complexity index is 1090. The standard InChI is InChI=1S/C19H13F3N2O3S/c1-26-12-5-10(6-13(8-12)27-2)17(25)14(9-23)18-24-15-7-11(19(20,21)22)3-4-16(15)28-18/h3-8,25H,1-2H3/b17-14-. The molecular formula is C19H13F3N2O3S. The van der Waals surface area contributed by atoms with Crippen LogP contribution in [0.3, 0.4) is 0 Å². The van der Waals surface area contributed by atoms with Crippen LogP contribution in [-0.4, -0.2) is 24.3 Å². The second-order valence-corrected chi connectivity index (χ2v) is 6.67. The van der Waals surface area contributed by atoms with E-state index >= 15 is 0 Å². The average Bonchev–Trinajstić information content (AvgIpc) is 3.10. The van der Waals surface area contributed by atoms with E-state index in [2.05, 4.69) is 4.98 Å². The summed E-state index contributed by atoms with van der Waals surface area (Å²) >= 11 is 1.01. The number of nitrogens with zero attached hydrogens (tertiary/aromatic N) is 2. The molecule has 2 aromatic carbocycles. The van der Waals surface area contributed by atoms with Gasteiger partial charge in [0.05, 0.1) is 30.0 Å². The summed E-state index contributed by atoms with van der Waals surface area (Å²) < 4.78 is 49.4. The van der Waals surface area contributed by atoms with E-state index in [4.69, 9.17) is 9.47 Å². The van der Waals surface area contributed by atoms with Crippen molar-refractivity contribution < 1.29 is 27.8 Å². The van der Waals surface area contributed by atoms with Crippen LogP contribution in [0, 0.1) is 11.3 Å². The Morgan fingerprint density at radius 1 is 1.11 bits per heavy atom. The number of ether oxygens (including phenoxy) is 2. The minimum Gasteiger partial charge on any atom is -0.506 e. The van der Waals surface area contributed by atoms with Crippen LogP contribution in [0.25, 0.3) is 21.5 Å². The first-order chi connectivity index (χ1) is 13.3. The van der Waals surface area contributed by atoms with Crippen molar-refractivity contribution >= 4 is 32.9 Å². The highest BCUT2D eigenvalue weighted by molar-refractivity contribution is 7.19. The Morgan fingerprint density at radius 3 is 2.29 bits per heavy atom. The maximum atomic E-state index is 12.9. The van der Waals surface area contributed by atoms with E-state index in [9.17, 15) is 23.5 Å². The number of alkyl halides is 3. The molecule has 3 aromatic rings. The first-order valence-corrected chi connectivity index (χ1v) is 8.63. The van der Waals surface area contributed by atoms with Crippen molar-refractivity contribution in [2.45, 2.75) is 6.18 Å². The van der Waals surface area contributed by atoms with E-state index in [-0.39, 0.29) is 27.4 Å². The predicted molar refractivity (Wildman–Crippen MR) is 99.2 cm³/mol. The van der Waals surface area contributed by atoms with Gasteiger partial charge in [0.25, 0.3) is 0 Å². The largest absolute Gasteiger partial charge is 0.506 e. The zero-order valence-corrected chi connectivity index (χ0v) is 15.5. The molecule has 0 spiro atoms. The molecule has 0 radical (unpaired) electrons. The van der Waals surface area contributed by atoms with Gasteiger partial charge in [-0.25, -0.2) is 4.98 Å². The van der Waals surface area contributed by atoms with Gasteiger partial charge in [0.1, 0.15) is 33.9 Å². The van der Waals surface area contributed by atoms with Gasteiger partial charge in [0, 0.05) is 11.6 Å². The average molecular weight is 406 g/mol. The van der Waals surface area contributed by atoms with Gasteiger partial charge < -0.3 is 14.6 Å². The summed E-state index contributed by atoms with van der Waals surface area (Å²) in [5.41, 5.74) is -0.646. The lowest BCUT2D eigenvalue weighted by atomic mass is 10.1. The Morgan fingerprint density at radius 2 is 1.75 bits per heavy atom. The van der Waals surface area contributed by atoms with E-state index in [1.54, 1.807) is 6.07 Å². The highest BCUT2D eigenvalue weighted by Gasteiger charge is 2.31. The Kier molecular flexibility index (Phi) is 5.16. The Balaban J connectivity index is 2.13. The molecule has 0 saturated heterocycles. The van der Waals surface area contributed by atoms with Crippen molar-refractivity contribution in [1.82, 2.24) is 4.98 Å². The second-order valence-electron chi connectivity index (χ2n) is 5.64. The number of fused-ring (bicyclic) bond motifs is 1. The van der Waals surface area contributed by atoms with Crippen LogP contribution in [0.2, 0.25) is 0 Å². The number of aliphatic hydroxyl groups excluding tert-OH is 1. The van der Waals surface area contributed by atoms with Gasteiger partial charge in [-0.05, 0) is 30.3 Å². The lowest BCUT2D eigenvalue weighted by Crippen LogP contribution is -2.03. The number of hydrogen-bond acceptors (Lipinski definition) is 6. The first-order valence-electron chi connectivity index (χ1n) is 7.81. The van der Waals surface area contributed by atoms with Gasteiger partial charge in [0.15, 0.2) is 0 Å². The molecule has 3 rings (SSSR count). The maximum absolute atomic E-state index is 12.9. The lowest BCUT2D eigenvalue weighted by molar-refractivity contribution is -0.137.